The summed E-state index contributed by atoms with van der Waals surface area (Å²) in [6.45, 7) is 5.55. The van der Waals surface area contributed by atoms with Gasteiger partial charge in [-0.3, -0.25) is 10.1 Å². The Balaban J connectivity index is 3.56. The van der Waals surface area contributed by atoms with Crippen molar-refractivity contribution in [1.82, 2.24) is 0 Å². The lowest BCUT2D eigenvalue weighted by molar-refractivity contribution is -0.386. The molecule has 1 rings (SSSR count). The van der Waals surface area contributed by atoms with Crippen LogP contribution in [0.3, 0.4) is 0 Å². The molecule has 0 saturated carbocycles. The molecule has 0 fully saturated rings. The highest BCUT2D eigenvalue weighted by molar-refractivity contribution is 5.67. The Kier molecular flexibility index (Phi) is 2.98. The highest BCUT2D eigenvalue weighted by atomic mass is 16.6. The minimum absolute atomic E-state index is 0.226. The number of hydrogen-bond acceptors (Lipinski definition) is 3. The zero-order valence-corrected chi connectivity index (χ0v) is 9.79. The van der Waals surface area contributed by atoms with Crippen LogP contribution in [0.1, 0.15) is 16.7 Å². The van der Waals surface area contributed by atoms with E-state index in [0.717, 1.165) is 22.4 Å². The molecule has 0 heterocycles. The van der Waals surface area contributed by atoms with Crippen molar-refractivity contribution in [3.63, 3.8) is 0 Å². The summed E-state index contributed by atoms with van der Waals surface area (Å²) in [7, 11) is 3.79. The lowest BCUT2D eigenvalue weighted by Crippen LogP contribution is -2.13. The normalized spacial score (nSPS) is 10.2. The number of hydrogen-bond donors (Lipinski definition) is 0. The van der Waals surface area contributed by atoms with Gasteiger partial charge < -0.3 is 4.90 Å². The summed E-state index contributed by atoms with van der Waals surface area (Å²) in [4.78, 5) is 12.5. The average Bonchev–Trinajstić information content (AvgIpc) is 1.99. The minimum atomic E-state index is -0.308. The molecule has 0 aliphatic heterocycles. The molecule has 0 aliphatic rings. The maximum Gasteiger partial charge on any atom is 0.277 e. The van der Waals surface area contributed by atoms with Crippen LogP contribution in [-0.4, -0.2) is 19.0 Å². The third kappa shape index (κ3) is 1.93. The summed E-state index contributed by atoms with van der Waals surface area (Å²) in [5.41, 5.74) is 3.69. The van der Waals surface area contributed by atoms with Gasteiger partial charge in [0.05, 0.1) is 10.5 Å². The minimum Gasteiger partial charge on any atom is -0.377 e. The van der Waals surface area contributed by atoms with Gasteiger partial charge >= 0.3 is 0 Å². The van der Waals surface area contributed by atoms with Crippen LogP contribution in [-0.2, 0) is 0 Å². The van der Waals surface area contributed by atoms with E-state index in [9.17, 15) is 10.1 Å². The summed E-state index contributed by atoms with van der Waals surface area (Å²) < 4.78 is 0. The van der Waals surface area contributed by atoms with Gasteiger partial charge in [-0.05, 0) is 32.4 Å². The first-order chi connectivity index (χ1) is 6.86. The maximum atomic E-state index is 10.9. The van der Waals surface area contributed by atoms with Crippen LogP contribution < -0.4 is 4.90 Å². The summed E-state index contributed by atoms with van der Waals surface area (Å²) >= 11 is 0. The van der Waals surface area contributed by atoms with E-state index in [1.54, 1.807) is 13.8 Å². The fourth-order valence-electron chi connectivity index (χ4n) is 2.13. The van der Waals surface area contributed by atoms with Gasteiger partial charge in [0, 0.05) is 25.3 Å². The second kappa shape index (κ2) is 3.88. The fourth-order valence-corrected chi connectivity index (χ4v) is 2.13. The molecule has 4 heteroatoms. The topological polar surface area (TPSA) is 46.4 Å². The van der Waals surface area contributed by atoms with Crippen molar-refractivity contribution >= 4 is 11.4 Å². The molecule has 15 heavy (non-hydrogen) atoms. The summed E-state index contributed by atoms with van der Waals surface area (Å²) in [5.74, 6) is 0. The number of nitrogens with zero attached hydrogens (tertiary/aromatic N) is 2. The van der Waals surface area contributed by atoms with Crippen LogP contribution in [0.2, 0.25) is 0 Å². The lowest BCUT2D eigenvalue weighted by atomic mass is 10.0. The molecule has 1 aromatic carbocycles. The van der Waals surface area contributed by atoms with Gasteiger partial charge in [0.15, 0.2) is 0 Å². The molecule has 0 amide bonds. The van der Waals surface area contributed by atoms with Gasteiger partial charge in [0.25, 0.3) is 5.69 Å². The van der Waals surface area contributed by atoms with Crippen molar-refractivity contribution in [1.29, 1.82) is 0 Å². The van der Waals surface area contributed by atoms with Gasteiger partial charge in [-0.1, -0.05) is 0 Å². The van der Waals surface area contributed by atoms with Crippen molar-refractivity contribution in [2.45, 2.75) is 20.8 Å². The highest BCUT2D eigenvalue weighted by Crippen LogP contribution is 2.33. The standard InChI is InChI=1S/C11H16N2O2/c1-7-6-8(2)11(13(14)15)9(3)10(7)12(4)5/h6H,1-5H3. The second-order valence-corrected chi connectivity index (χ2v) is 3.98. The Morgan fingerprint density at radius 2 is 1.73 bits per heavy atom. The fraction of sp³-hybridized carbons (Fsp3) is 0.455. The van der Waals surface area contributed by atoms with Crippen LogP contribution >= 0.6 is 0 Å². The van der Waals surface area contributed by atoms with E-state index in [4.69, 9.17) is 0 Å². The number of nitro benzene ring substituents is 1. The van der Waals surface area contributed by atoms with Crippen LogP contribution in [0.4, 0.5) is 11.4 Å². The molecule has 0 unspecified atom stereocenters. The van der Waals surface area contributed by atoms with Gasteiger partial charge in [-0.2, -0.15) is 0 Å². The lowest BCUT2D eigenvalue weighted by Gasteiger charge is -2.19. The molecular formula is C11H16N2O2. The first-order valence-corrected chi connectivity index (χ1v) is 4.78. The van der Waals surface area contributed by atoms with Crippen LogP contribution in [0.15, 0.2) is 6.07 Å². The zero-order chi connectivity index (χ0) is 11.7. The van der Waals surface area contributed by atoms with Crippen molar-refractivity contribution in [3.05, 3.63) is 32.9 Å². The molecule has 1 aromatic rings. The van der Waals surface area contributed by atoms with Crippen molar-refractivity contribution < 1.29 is 4.92 Å². The van der Waals surface area contributed by atoms with Crippen LogP contribution in [0, 0.1) is 30.9 Å². The molecule has 0 saturated heterocycles. The molecule has 4 nitrogen and oxygen atoms in total. The highest BCUT2D eigenvalue weighted by Gasteiger charge is 2.20. The number of rotatable bonds is 2. The molecule has 0 N–H and O–H groups in total. The number of nitro groups is 1. The SMILES string of the molecule is Cc1cc(C)c([N+](=O)[O-])c(C)c1N(C)C. The van der Waals surface area contributed by atoms with E-state index in [1.807, 2.05) is 32.0 Å². The van der Waals surface area contributed by atoms with Gasteiger partial charge in [0.1, 0.15) is 0 Å². The molecule has 0 radical (unpaired) electrons. The number of aryl methyl sites for hydroxylation is 2. The van der Waals surface area contributed by atoms with Gasteiger partial charge in [-0.15, -0.1) is 0 Å². The molecule has 0 aromatic heterocycles. The third-order valence-electron chi connectivity index (χ3n) is 2.52. The monoisotopic (exact) mass is 208 g/mol. The molecule has 0 aliphatic carbocycles. The van der Waals surface area contributed by atoms with Crippen molar-refractivity contribution in [2.75, 3.05) is 19.0 Å². The smallest absolute Gasteiger partial charge is 0.277 e. The Hall–Kier alpha value is -1.58. The Morgan fingerprint density at radius 3 is 2.13 bits per heavy atom. The van der Waals surface area contributed by atoms with Gasteiger partial charge in [-0.25, -0.2) is 0 Å². The predicted octanol–water partition coefficient (Wildman–Crippen LogP) is 2.59. The number of anilines is 1. The van der Waals surface area contributed by atoms with Crippen molar-refractivity contribution in [2.24, 2.45) is 0 Å². The van der Waals surface area contributed by atoms with E-state index in [-0.39, 0.29) is 10.6 Å². The predicted molar refractivity (Wildman–Crippen MR) is 61.6 cm³/mol. The van der Waals surface area contributed by atoms with Crippen molar-refractivity contribution in [3.8, 4) is 0 Å². The first-order valence-electron chi connectivity index (χ1n) is 4.78. The molecule has 0 atom stereocenters. The van der Waals surface area contributed by atoms with E-state index in [1.165, 1.54) is 0 Å². The van der Waals surface area contributed by atoms with E-state index >= 15 is 0 Å². The quantitative estimate of drug-likeness (QED) is 0.554. The maximum absolute atomic E-state index is 10.9. The summed E-state index contributed by atoms with van der Waals surface area (Å²) in [5, 5.41) is 10.9. The Morgan fingerprint density at radius 1 is 1.20 bits per heavy atom. The van der Waals surface area contributed by atoms with E-state index < -0.39 is 0 Å². The van der Waals surface area contributed by atoms with E-state index in [0.29, 0.717) is 0 Å². The number of benzene rings is 1. The largest absolute Gasteiger partial charge is 0.377 e. The first kappa shape index (κ1) is 11.5. The van der Waals surface area contributed by atoms with Crippen LogP contribution in [0.25, 0.3) is 0 Å². The van der Waals surface area contributed by atoms with E-state index in [2.05, 4.69) is 0 Å². The summed E-state index contributed by atoms with van der Waals surface area (Å²) in [6.07, 6.45) is 0. The van der Waals surface area contributed by atoms with Crippen LogP contribution in [0.5, 0.6) is 0 Å². The third-order valence-corrected chi connectivity index (χ3v) is 2.52. The second-order valence-electron chi connectivity index (χ2n) is 3.98. The Labute approximate surface area is 89.7 Å². The Bertz CT molecular complexity index is 412. The average molecular weight is 208 g/mol. The molecular weight excluding hydrogens is 192 g/mol. The van der Waals surface area contributed by atoms with Gasteiger partial charge in [0.2, 0.25) is 0 Å². The zero-order valence-electron chi connectivity index (χ0n) is 9.79. The molecule has 0 spiro atoms. The molecule has 0 bridgehead atoms. The summed E-state index contributed by atoms with van der Waals surface area (Å²) in [6, 6.07) is 1.86. The molecule has 82 valence electrons.